The lowest BCUT2D eigenvalue weighted by Gasteiger charge is -2.13. The molecule has 0 heterocycles. The average molecular weight is 198 g/mol. The van der Waals surface area contributed by atoms with Crippen molar-refractivity contribution in [1.29, 1.82) is 0 Å². The smallest absolute Gasteiger partial charge is 0.166 e. The number of hydrogen-bond donors (Lipinski definition) is 0. The molecule has 0 amide bonds. The van der Waals surface area contributed by atoms with Gasteiger partial charge in [0.25, 0.3) is 0 Å². The summed E-state index contributed by atoms with van der Waals surface area (Å²) in [5, 5.41) is 0. The minimum absolute atomic E-state index is 0.391. The maximum absolute atomic E-state index is 12.3. The second kappa shape index (κ2) is 2.52. The summed E-state index contributed by atoms with van der Waals surface area (Å²) in [7, 11) is 0. The van der Waals surface area contributed by atoms with Crippen LogP contribution in [0.3, 0.4) is 0 Å². The van der Waals surface area contributed by atoms with Crippen LogP contribution in [0.5, 0.6) is 0 Å². The fraction of sp³-hybridized carbons (Fsp3) is 0.500. The molecule has 1 nitrogen and oxygen atoms in total. The monoisotopic (exact) mass is 198 g/mol. The number of ketones is 1. The summed E-state index contributed by atoms with van der Waals surface area (Å²) in [6.45, 7) is 0. The molecule has 1 aromatic carbocycles. The molecule has 1 heteroatoms. The van der Waals surface area contributed by atoms with E-state index in [9.17, 15) is 4.79 Å². The largest absolute Gasteiger partial charge is 0.294 e. The summed E-state index contributed by atoms with van der Waals surface area (Å²) < 4.78 is 0. The van der Waals surface area contributed by atoms with Gasteiger partial charge in [-0.25, -0.2) is 0 Å². The maximum atomic E-state index is 12.3. The van der Waals surface area contributed by atoms with E-state index in [0.29, 0.717) is 11.7 Å². The van der Waals surface area contributed by atoms with Crippen molar-refractivity contribution >= 4 is 5.78 Å². The molecule has 15 heavy (non-hydrogen) atoms. The molecule has 4 fully saturated rings. The molecule has 0 N–H and O–H groups in total. The molecular weight excluding hydrogens is 184 g/mol. The van der Waals surface area contributed by atoms with Gasteiger partial charge in [0.05, 0.1) is 0 Å². The van der Waals surface area contributed by atoms with Crippen LogP contribution in [-0.2, 0) is 0 Å². The molecule has 0 saturated heterocycles. The molecule has 4 aliphatic carbocycles. The fourth-order valence-electron chi connectivity index (χ4n) is 4.26. The quantitative estimate of drug-likeness (QED) is 0.668. The molecule has 0 radical (unpaired) electrons. The van der Waals surface area contributed by atoms with Crippen LogP contribution in [0.15, 0.2) is 30.3 Å². The Morgan fingerprint density at radius 1 is 1.07 bits per heavy atom. The van der Waals surface area contributed by atoms with Crippen molar-refractivity contribution in [1.82, 2.24) is 0 Å². The Hall–Kier alpha value is -1.11. The van der Waals surface area contributed by atoms with Crippen molar-refractivity contribution in [3.05, 3.63) is 35.9 Å². The van der Waals surface area contributed by atoms with E-state index in [1.807, 2.05) is 30.3 Å². The summed E-state index contributed by atoms with van der Waals surface area (Å²) in [5.41, 5.74) is 0.931. The highest BCUT2D eigenvalue weighted by Crippen LogP contribution is 2.73. The first-order chi connectivity index (χ1) is 7.36. The van der Waals surface area contributed by atoms with E-state index in [2.05, 4.69) is 0 Å². The van der Waals surface area contributed by atoms with Crippen LogP contribution in [-0.4, -0.2) is 5.78 Å². The summed E-state index contributed by atoms with van der Waals surface area (Å²) in [6.07, 6.45) is 2.69. The lowest BCUT2D eigenvalue weighted by molar-refractivity contribution is 0.0892. The van der Waals surface area contributed by atoms with Gasteiger partial charge in [-0.1, -0.05) is 30.3 Å². The highest BCUT2D eigenvalue weighted by atomic mass is 16.1. The Kier molecular flexibility index (Phi) is 1.36. The van der Waals surface area contributed by atoms with Crippen molar-refractivity contribution in [2.75, 3.05) is 0 Å². The highest BCUT2D eigenvalue weighted by Gasteiger charge is 2.69. The number of rotatable bonds is 2. The lowest BCUT2D eigenvalue weighted by Crippen LogP contribution is -2.18. The van der Waals surface area contributed by atoms with Gasteiger partial charge in [-0.05, 0) is 36.5 Å². The van der Waals surface area contributed by atoms with E-state index >= 15 is 0 Å². The molecule has 0 aromatic heterocycles. The number of benzene rings is 1. The van der Waals surface area contributed by atoms with Crippen molar-refractivity contribution in [2.45, 2.75) is 12.8 Å². The van der Waals surface area contributed by atoms with E-state index in [4.69, 9.17) is 0 Å². The zero-order chi connectivity index (χ0) is 9.99. The predicted octanol–water partition coefficient (Wildman–Crippen LogP) is 2.77. The van der Waals surface area contributed by atoms with Crippen LogP contribution < -0.4 is 0 Å². The van der Waals surface area contributed by atoms with E-state index in [-0.39, 0.29) is 0 Å². The maximum Gasteiger partial charge on any atom is 0.166 e. The molecule has 4 aliphatic rings. The Morgan fingerprint density at radius 2 is 1.73 bits per heavy atom. The predicted molar refractivity (Wildman–Crippen MR) is 57.5 cm³/mol. The van der Waals surface area contributed by atoms with Crippen LogP contribution in [0, 0.1) is 29.6 Å². The van der Waals surface area contributed by atoms with Crippen LogP contribution in [0.2, 0.25) is 0 Å². The van der Waals surface area contributed by atoms with Gasteiger partial charge in [0, 0.05) is 11.5 Å². The van der Waals surface area contributed by atoms with Gasteiger partial charge < -0.3 is 0 Å². The van der Waals surface area contributed by atoms with E-state index in [0.717, 1.165) is 29.2 Å². The first kappa shape index (κ1) is 8.09. The minimum atomic E-state index is 0.391. The first-order valence-electron chi connectivity index (χ1n) is 5.95. The molecular formula is C14H14O. The Balaban J connectivity index is 1.67. The van der Waals surface area contributed by atoms with Gasteiger partial charge in [0.15, 0.2) is 5.78 Å². The minimum Gasteiger partial charge on any atom is -0.294 e. The van der Waals surface area contributed by atoms with Crippen LogP contribution >= 0.6 is 0 Å². The molecule has 5 rings (SSSR count). The molecule has 4 bridgehead atoms. The van der Waals surface area contributed by atoms with Gasteiger partial charge in [-0.2, -0.15) is 0 Å². The van der Waals surface area contributed by atoms with Crippen molar-refractivity contribution < 1.29 is 4.79 Å². The second-order valence-corrected chi connectivity index (χ2v) is 5.39. The van der Waals surface area contributed by atoms with Crippen molar-refractivity contribution in [2.24, 2.45) is 29.6 Å². The zero-order valence-corrected chi connectivity index (χ0v) is 8.60. The fourth-order valence-corrected chi connectivity index (χ4v) is 4.26. The van der Waals surface area contributed by atoms with Gasteiger partial charge in [-0.3, -0.25) is 4.79 Å². The van der Waals surface area contributed by atoms with E-state index in [1.165, 1.54) is 12.8 Å². The average Bonchev–Trinajstić information content (AvgIpc) is 2.73. The van der Waals surface area contributed by atoms with Crippen LogP contribution in [0.4, 0.5) is 0 Å². The Bertz CT molecular complexity index is 408. The molecule has 4 saturated carbocycles. The number of carbonyl (C=O) groups is 1. The highest BCUT2D eigenvalue weighted by molar-refractivity contribution is 5.99. The van der Waals surface area contributed by atoms with E-state index in [1.54, 1.807) is 0 Å². The first-order valence-corrected chi connectivity index (χ1v) is 5.95. The van der Waals surface area contributed by atoms with Crippen LogP contribution in [0.1, 0.15) is 23.2 Å². The zero-order valence-electron chi connectivity index (χ0n) is 8.60. The molecule has 1 aromatic rings. The summed E-state index contributed by atoms with van der Waals surface area (Å²) in [6, 6.07) is 9.85. The molecule has 2 unspecified atom stereocenters. The summed E-state index contributed by atoms with van der Waals surface area (Å²) >= 11 is 0. The number of hydrogen-bond acceptors (Lipinski definition) is 1. The van der Waals surface area contributed by atoms with Gasteiger partial charge in [0.2, 0.25) is 0 Å². The Morgan fingerprint density at radius 3 is 2.27 bits per heavy atom. The van der Waals surface area contributed by atoms with Gasteiger partial charge >= 0.3 is 0 Å². The van der Waals surface area contributed by atoms with Gasteiger partial charge in [-0.15, -0.1) is 0 Å². The topological polar surface area (TPSA) is 17.1 Å². The van der Waals surface area contributed by atoms with Crippen molar-refractivity contribution in [3.8, 4) is 0 Å². The molecule has 76 valence electrons. The normalized spacial score (nSPS) is 44.4. The summed E-state index contributed by atoms with van der Waals surface area (Å²) in [5.74, 6) is 4.20. The van der Waals surface area contributed by atoms with Crippen molar-refractivity contribution in [3.63, 3.8) is 0 Å². The second-order valence-electron chi connectivity index (χ2n) is 5.39. The molecule has 0 aliphatic heterocycles. The molecule has 0 spiro atoms. The third kappa shape index (κ3) is 0.914. The standard InChI is InChI=1S/C14H14O/c15-14(8-4-2-1-3-5-8)12-9-6-10-11(7-9)13(10)12/h1-5,9-13H,6-7H2/t9?,10-,11+,12-,13?/m0/s1. The summed E-state index contributed by atoms with van der Waals surface area (Å²) in [4.78, 5) is 12.3. The van der Waals surface area contributed by atoms with Crippen LogP contribution in [0.25, 0.3) is 0 Å². The SMILES string of the molecule is O=C(c1ccccc1)[C@H]1C2C[C@@H]3C1[C@@H]3C2. The Labute approximate surface area is 89.5 Å². The number of Topliss-reactive ketones (excluding diaryl/α,β-unsaturated/α-hetero) is 1. The van der Waals surface area contributed by atoms with Gasteiger partial charge in [0.1, 0.15) is 0 Å². The van der Waals surface area contributed by atoms with E-state index < -0.39 is 0 Å². The third-order valence-electron chi connectivity index (χ3n) is 4.83. The third-order valence-corrected chi connectivity index (χ3v) is 4.83. The molecule has 5 atom stereocenters. The lowest BCUT2D eigenvalue weighted by atomic mass is 9.90. The number of carbonyl (C=O) groups excluding carboxylic acids is 1.